The maximum atomic E-state index is 6.43. The first-order chi connectivity index (χ1) is 14.3. The predicted octanol–water partition coefficient (Wildman–Crippen LogP) is 6.02. The molecule has 0 saturated carbocycles. The van der Waals surface area contributed by atoms with Crippen LogP contribution in [0.4, 0.5) is 11.6 Å². The second-order valence-corrected chi connectivity index (χ2v) is 7.55. The van der Waals surface area contributed by atoms with Gasteiger partial charge < -0.3 is 10.6 Å². The van der Waals surface area contributed by atoms with Gasteiger partial charge in [0.1, 0.15) is 5.82 Å². The number of piperidine rings is 1. The molecule has 6 nitrogen and oxygen atoms in total. The third-order valence-electron chi connectivity index (χ3n) is 5.15. The minimum absolute atomic E-state index is 0. The van der Waals surface area contributed by atoms with Crippen LogP contribution in [0, 0.1) is 44.1 Å². The number of rotatable bonds is 4. The number of aromatic nitrogens is 4. The Morgan fingerprint density at radius 3 is 2.70 bits per heavy atom. The molecule has 1 saturated heterocycles. The molecule has 3 heterocycles. The van der Waals surface area contributed by atoms with Gasteiger partial charge >= 0.3 is 0 Å². The van der Waals surface area contributed by atoms with Crippen LogP contribution in [0.25, 0.3) is 27.6 Å². The number of fused-ring (bicyclic) bond motifs is 1. The molecule has 0 spiro atoms. The number of aromatic amines is 1. The number of hydrogen-bond donors (Lipinski definition) is 2. The van der Waals surface area contributed by atoms with Crippen molar-refractivity contribution >= 4 is 34.1 Å². The van der Waals surface area contributed by atoms with E-state index in [2.05, 4.69) is 15.5 Å². The van der Waals surface area contributed by atoms with E-state index >= 15 is 0 Å². The Hall–Kier alpha value is -1.52. The SMILES string of the molecule is Clc1ccccc1-c1nc(Nc2n[nH]c3ccccc23)cc(C2CCCC[N-]2)n1.[Ac]. The number of H-pyrrole nitrogens is 1. The van der Waals surface area contributed by atoms with Crippen molar-refractivity contribution < 1.29 is 44.1 Å². The number of benzene rings is 2. The molecule has 8 heteroatoms. The molecule has 30 heavy (non-hydrogen) atoms. The van der Waals surface area contributed by atoms with Crippen molar-refractivity contribution in [3.63, 3.8) is 0 Å². The maximum Gasteiger partial charge on any atom is 0.163 e. The van der Waals surface area contributed by atoms with E-state index in [-0.39, 0.29) is 50.1 Å². The minimum Gasteiger partial charge on any atom is -0.654 e. The van der Waals surface area contributed by atoms with Crippen molar-refractivity contribution in [3.8, 4) is 11.4 Å². The fourth-order valence-corrected chi connectivity index (χ4v) is 3.89. The number of nitrogens with zero attached hydrogens (tertiary/aromatic N) is 4. The Morgan fingerprint density at radius 2 is 1.87 bits per heavy atom. The number of hydrogen-bond acceptors (Lipinski definition) is 4. The van der Waals surface area contributed by atoms with Gasteiger partial charge in [-0.25, -0.2) is 9.97 Å². The molecule has 1 atom stereocenters. The second kappa shape index (κ2) is 9.74. The summed E-state index contributed by atoms with van der Waals surface area (Å²) in [4.78, 5) is 9.56. The molecule has 1 fully saturated rings. The summed E-state index contributed by atoms with van der Waals surface area (Å²) in [6.45, 7) is 0.878. The van der Waals surface area contributed by atoms with Crippen LogP contribution in [0.1, 0.15) is 31.0 Å². The quantitative estimate of drug-likeness (QED) is 0.289. The molecule has 149 valence electrons. The topological polar surface area (TPSA) is 80.6 Å². The van der Waals surface area contributed by atoms with Crippen LogP contribution in [-0.4, -0.2) is 26.7 Å². The van der Waals surface area contributed by atoms with E-state index in [9.17, 15) is 0 Å². The molecule has 5 rings (SSSR count). The Morgan fingerprint density at radius 1 is 1.03 bits per heavy atom. The zero-order chi connectivity index (χ0) is 19.6. The summed E-state index contributed by atoms with van der Waals surface area (Å²) in [5, 5.41) is 17.2. The van der Waals surface area contributed by atoms with Crippen molar-refractivity contribution in [1.82, 2.24) is 20.2 Å². The fraction of sp³-hybridized carbons (Fsp3) is 0.227. The summed E-state index contributed by atoms with van der Waals surface area (Å²) in [6, 6.07) is 17.7. The van der Waals surface area contributed by atoms with Crippen LogP contribution in [0.2, 0.25) is 5.02 Å². The van der Waals surface area contributed by atoms with E-state index in [1.807, 2.05) is 54.6 Å². The first-order valence-electron chi connectivity index (χ1n) is 9.78. The van der Waals surface area contributed by atoms with Crippen LogP contribution < -0.4 is 5.32 Å². The Balaban J connectivity index is 0.00000218. The van der Waals surface area contributed by atoms with Gasteiger partial charge in [-0.3, -0.25) is 5.10 Å². The van der Waals surface area contributed by atoms with Crippen molar-refractivity contribution in [2.45, 2.75) is 25.3 Å². The third kappa shape index (κ3) is 4.55. The molecule has 0 amide bonds. The van der Waals surface area contributed by atoms with Gasteiger partial charge in [-0.05, 0) is 24.3 Å². The minimum atomic E-state index is 0. The molecular formula is C22H20AcClN6-. The second-order valence-electron chi connectivity index (χ2n) is 7.14. The first kappa shape index (κ1) is 21.7. The molecule has 0 bridgehead atoms. The largest absolute Gasteiger partial charge is 0.654 e. The van der Waals surface area contributed by atoms with E-state index in [1.165, 1.54) is 0 Å². The van der Waals surface area contributed by atoms with Crippen LogP contribution >= 0.6 is 11.6 Å². The van der Waals surface area contributed by atoms with E-state index < -0.39 is 0 Å². The molecule has 4 aromatic rings. The molecule has 2 aromatic carbocycles. The number of halogens is 1. The summed E-state index contributed by atoms with van der Waals surface area (Å²) in [7, 11) is 0. The first-order valence-corrected chi connectivity index (χ1v) is 10.2. The summed E-state index contributed by atoms with van der Waals surface area (Å²) in [5.41, 5.74) is 2.69. The summed E-state index contributed by atoms with van der Waals surface area (Å²) >= 11 is 6.43. The zero-order valence-electron chi connectivity index (χ0n) is 16.3. The van der Waals surface area contributed by atoms with Gasteiger partial charge in [-0.2, -0.15) is 5.10 Å². The van der Waals surface area contributed by atoms with Crippen molar-refractivity contribution in [2.24, 2.45) is 0 Å². The smallest absolute Gasteiger partial charge is 0.163 e. The third-order valence-corrected chi connectivity index (χ3v) is 5.48. The number of anilines is 2. The van der Waals surface area contributed by atoms with E-state index in [0.717, 1.165) is 53.8 Å². The van der Waals surface area contributed by atoms with E-state index in [0.29, 0.717) is 16.7 Å². The van der Waals surface area contributed by atoms with Crippen LogP contribution in [0.3, 0.4) is 0 Å². The van der Waals surface area contributed by atoms with Gasteiger partial charge in [0, 0.05) is 66.8 Å². The summed E-state index contributed by atoms with van der Waals surface area (Å²) < 4.78 is 0. The van der Waals surface area contributed by atoms with Gasteiger partial charge in [-0.1, -0.05) is 61.2 Å². The van der Waals surface area contributed by atoms with Crippen molar-refractivity contribution in [2.75, 3.05) is 11.9 Å². The normalized spacial score (nSPS) is 16.2. The molecular weight excluding hydrogens is 611 g/mol. The van der Waals surface area contributed by atoms with Crippen LogP contribution in [-0.2, 0) is 0 Å². The molecule has 1 unspecified atom stereocenters. The number of para-hydroxylation sites is 1. The average Bonchev–Trinajstić information content (AvgIpc) is 3.17. The van der Waals surface area contributed by atoms with Crippen LogP contribution in [0.15, 0.2) is 54.6 Å². The van der Waals surface area contributed by atoms with Gasteiger partial charge in [0.25, 0.3) is 0 Å². The summed E-state index contributed by atoms with van der Waals surface area (Å²) in [6.07, 6.45) is 3.30. The van der Waals surface area contributed by atoms with E-state index in [1.54, 1.807) is 0 Å². The standard InChI is InChI=1S/C22H20ClN6.Ac/c23-16-9-3-1-7-14(16)21-25-19(18-11-5-6-12-24-18)13-20(26-21)27-22-15-8-2-4-10-17(15)28-29-22;/h1-4,7-10,13,18H,5-6,11-12H2,(H2,25,26,27,28,29);/q-1;. The predicted molar refractivity (Wildman–Crippen MR) is 117 cm³/mol. The number of nitrogens with one attached hydrogen (secondary N) is 2. The summed E-state index contributed by atoms with van der Waals surface area (Å²) in [5.74, 6) is 2.01. The zero-order valence-corrected chi connectivity index (χ0v) is 21.8. The Kier molecular flexibility index (Phi) is 7.05. The Labute approximate surface area is 215 Å². The van der Waals surface area contributed by atoms with Crippen molar-refractivity contribution in [1.29, 1.82) is 0 Å². The van der Waals surface area contributed by atoms with Crippen LogP contribution in [0.5, 0.6) is 0 Å². The van der Waals surface area contributed by atoms with Gasteiger partial charge in [0.05, 0.1) is 10.5 Å². The van der Waals surface area contributed by atoms with Gasteiger partial charge in [0.2, 0.25) is 0 Å². The Bertz CT molecular complexity index is 1160. The fourth-order valence-electron chi connectivity index (χ4n) is 3.67. The molecule has 1 aliphatic heterocycles. The van der Waals surface area contributed by atoms with Gasteiger partial charge in [-0.15, -0.1) is 6.54 Å². The molecule has 0 aliphatic carbocycles. The van der Waals surface area contributed by atoms with E-state index in [4.69, 9.17) is 26.9 Å². The average molecular weight is 631 g/mol. The van der Waals surface area contributed by atoms with Crippen molar-refractivity contribution in [3.05, 3.63) is 70.6 Å². The maximum absolute atomic E-state index is 6.43. The molecule has 2 aromatic heterocycles. The molecule has 1 radical (unpaired) electrons. The molecule has 2 N–H and O–H groups in total. The molecule has 1 aliphatic rings. The monoisotopic (exact) mass is 630 g/mol. The van der Waals surface area contributed by atoms with Gasteiger partial charge in [0.15, 0.2) is 11.6 Å².